The predicted octanol–water partition coefficient (Wildman–Crippen LogP) is 3.21. The van der Waals surface area contributed by atoms with Crippen LogP contribution < -0.4 is 0 Å². The van der Waals surface area contributed by atoms with Crippen LogP contribution in [0.1, 0.15) is 22.5 Å². The Bertz CT molecular complexity index is 943. The van der Waals surface area contributed by atoms with Gasteiger partial charge in [-0.1, -0.05) is 11.8 Å². The zero-order valence-corrected chi connectivity index (χ0v) is 12.8. The van der Waals surface area contributed by atoms with E-state index in [4.69, 9.17) is 0 Å². The lowest BCUT2D eigenvalue weighted by molar-refractivity contribution is 1.30. The van der Waals surface area contributed by atoms with Crippen LogP contribution >= 0.6 is 22.7 Å². The van der Waals surface area contributed by atoms with E-state index >= 15 is 0 Å². The van der Waals surface area contributed by atoms with Crippen LogP contribution in [0.2, 0.25) is 0 Å². The molecule has 4 aromatic rings. The third-order valence-electron chi connectivity index (χ3n) is 2.94. The summed E-state index contributed by atoms with van der Waals surface area (Å²) in [6.45, 7) is 0. The number of thiophene rings is 2. The number of nitrogens with zero attached hydrogens (tertiary/aromatic N) is 2. The van der Waals surface area contributed by atoms with Crippen LogP contribution in [0.3, 0.4) is 0 Å². The standard InChI is InChI=1S/C16H8N4S2/c1(3-13-5-17-9-19-13)11-7-21-16-12(8-22-15(11)16)2-4-14-6-18-10-20-14/h5-10H,(H,17,19)(H,18,20). The molecule has 0 aliphatic rings. The highest BCUT2D eigenvalue weighted by Gasteiger charge is 2.08. The Morgan fingerprint density at radius 2 is 1.23 bits per heavy atom. The molecule has 0 amide bonds. The zero-order chi connectivity index (χ0) is 14.8. The summed E-state index contributed by atoms with van der Waals surface area (Å²) in [5, 5.41) is 4.15. The topological polar surface area (TPSA) is 57.4 Å². The minimum absolute atomic E-state index is 0.815. The first-order valence-electron chi connectivity index (χ1n) is 6.39. The molecule has 4 aromatic heterocycles. The Labute approximate surface area is 134 Å². The monoisotopic (exact) mass is 320 g/mol. The first-order chi connectivity index (χ1) is 10.9. The van der Waals surface area contributed by atoms with E-state index in [2.05, 4.69) is 54.4 Å². The normalized spacial score (nSPS) is 10.0. The van der Waals surface area contributed by atoms with Crippen molar-refractivity contribution in [2.24, 2.45) is 0 Å². The van der Waals surface area contributed by atoms with E-state index in [-0.39, 0.29) is 0 Å². The van der Waals surface area contributed by atoms with Crippen molar-refractivity contribution >= 4 is 32.1 Å². The number of H-pyrrole nitrogens is 2. The molecule has 2 N–H and O–H groups in total. The number of rotatable bonds is 0. The van der Waals surface area contributed by atoms with Gasteiger partial charge in [0, 0.05) is 10.8 Å². The van der Waals surface area contributed by atoms with E-state index in [1.165, 1.54) is 9.40 Å². The third-order valence-corrected chi connectivity index (χ3v) is 5.10. The van der Waals surface area contributed by atoms with Crippen molar-refractivity contribution in [1.82, 2.24) is 19.9 Å². The molecule has 0 aliphatic carbocycles. The smallest absolute Gasteiger partial charge is 0.109 e. The van der Waals surface area contributed by atoms with E-state index in [1.807, 2.05) is 0 Å². The van der Waals surface area contributed by atoms with Gasteiger partial charge < -0.3 is 9.97 Å². The number of hydrogen-bond donors (Lipinski definition) is 2. The Kier molecular flexibility index (Phi) is 3.24. The third kappa shape index (κ3) is 2.42. The largest absolute Gasteiger partial charge is 0.338 e. The Morgan fingerprint density at radius 1 is 0.727 bits per heavy atom. The van der Waals surface area contributed by atoms with Crippen molar-refractivity contribution in [3.8, 4) is 23.7 Å². The second-order valence-electron chi connectivity index (χ2n) is 4.39. The van der Waals surface area contributed by atoms with Crippen LogP contribution in [-0.2, 0) is 0 Å². The van der Waals surface area contributed by atoms with Gasteiger partial charge in [-0.15, -0.1) is 22.7 Å². The van der Waals surface area contributed by atoms with Crippen LogP contribution in [-0.4, -0.2) is 19.9 Å². The lowest BCUT2D eigenvalue weighted by Crippen LogP contribution is -1.72. The molecule has 0 atom stereocenters. The fourth-order valence-electron chi connectivity index (χ4n) is 1.91. The van der Waals surface area contributed by atoms with Gasteiger partial charge in [0.15, 0.2) is 0 Å². The molecule has 0 spiro atoms. The number of aromatic amines is 2. The second-order valence-corrected chi connectivity index (χ2v) is 6.15. The highest BCUT2D eigenvalue weighted by Crippen LogP contribution is 2.33. The Hall–Kier alpha value is -2.80. The van der Waals surface area contributed by atoms with Gasteiger partial charge in [0.2, 0.25) is 0 Å². The van der Waals surface area contributed by atoms with Crippen molar-refractivity contribution < 1.29 is 0 Å². The number of aromatic nitrogens is 4. The van der Waals surface area contributed by atoms with Gasteiger partial charge in [-0.3, -0.25) is 0 Å². The van der Waals surface area contributed by atoms with Crippen LogP contribution in [0.25, 0.3) is 9.40 Å². The van der Waals surface area contributed by atoms with Gasteiger partial charge in [0.25, 0.3) is 0 Å². The molecule has 0 aliphatic heterocycles. The molecule has 0 bridgehead atoms. The van der Waals surface area contributed by atoms with E-state index in [0.717, 1.165) is 22.5 Å². The summed E-state index contributed by atoms with van der Waals surface area (Å²) in [7, 11) is 0. The Balaban J connectivity index is 1.70. The van der Waals surface area contributed by atoms with Crippen molar-refractivity contribution in [3.05, 3.63) is 58.3 Å². The summed E-state index contributed by atoms with van der Waals surface area (Å²) < 4.78 is 2.37. The van der Waals surface area contributed by atoms with Crippen molar-refractivity contribution in [1.29, 1.82) is 0 Å². The molecule has 0 aromatic carbocycles. The summed E-state index contributed by atoms with van der Waals surface area (Å²) in [5.74, 6) is 12.5. The summed E-state index contributed by atoms with van der Waals surface area (Å²) in [6.07, 6.45) is 6.68. The maximum Gasteiger partial charge on any atom is 0.109 e. The van der Waals surface area contributed by atoms with Crippen LogP contribution in [0, 0.1) is 23.7 Å². The van der Waals surface area contributed by atoms with Gasteiger partial charge in [-0.2, -0.15) is 0 Å². The molecular weight excluding hydrogens is 312 g/mol. The summed E-state index contributed by atoms with van der Waals surface area (Å²) in [6, 6.07) is 0. The average Bonchev–Trinajstić information content (AvgIpc) is 3.28. The quantitative estimate of drug-likeness (QED) is 0.489. The number of imidazole rings is 2. The molecule has 4 rings (SSSR count). The van der Waals surface area contributed by atoms with Crippen molar-refractivity contribution in [2.75, 3.05) is 0 Å². The predicted molar refractivity (Wildman–Crippen MR) is 88.8 cm³/mol. The molecule has 4 heterocycles. The van der Waals surface area contributed by atoms with Crippen LogP contribution in [0.5, 0.6) is 0 Å². The van der Waals surface area contributed by atoms with E-state index in [1.54, 1.807) is 47.7 Å². The maximum absolute atomic E-state index is 3.96. The molecule has 0 radical (unpaired) electrons. The number of nitrogens with one attached hydrogen (secondary N) is 2. The van der Waals surface area contributed by atoms with Crippen molar-refractivity contribution in [2.45, 2.75) is 0 Å². The highest BCUT2D eigenvalue weighted by atomic mass is 32.1. The lowest BCUT2D eigenvalue weighted by Gasteiger charge is -1.81. The lowest BCUT2D eigenvalue weighted by atomic mass is 10.2. The van der Waals surface area contributed by atoms with E-state index in [0.29, 0.717) is 0 Å². The highest BCUT2D eigenvalue weighted by molar-refractivity contribution is 7.26. The molecular formula is C16H8N4S2. The molecule has 0 unspecified atom stereocenters. The molecule has 0 saturated carbocycles. The first kappa shape index (κ1) is 12.9. The van der Waals surface area contributed by atoms with Crippen LogP contribution in [0.15, 0.2) is 35.8 Å². The summed E-state index contributed by atoms with van der Waals surface area (Å²) in [4.78, 5) is 13.9. The fraction of sp³-hybridized carbons (Fsp3) is 0. The molecule has 4 nitrogen and oxygen atoms in total. The fourth-order valence-corrected chi connectivity index (χ4v) is 4.08. The molecule has 22 heavy (non-hydrogen) atoms. The van der Waals surface area contributed by atoms with Gasteiger partial charge >= 0.3 is 0 Å². The Morgan fingerprint density at radius 3 is 1.64 bits per heavy atom. The summed E-state index contributed by atoms with van der Waals surface area (Å²) >= 11 is 3.35. The van der Waals surface area contributed by atoms with E-state index < -0.39 is 0 Å². The van der Waals surface area contributed by atoms with E-state index in [9.17, 15) is 0 Å². The van der Waals surface area contributed by atoms with Crippen molar-refractivity contribution in [3.63, 3.8) is 0 Å². The molecule has 104 valence electrons. The minimum Gasteiger partial charge on any atom is -0.338 e. The second kappa shape index (κ2) is 5.53. The zero-order valence-electron chi connectivity index (χ0n) is 11.2. The minimum atomic E-state index is 0.815. The van der Waals surface area contributed by atoms with Gasteiger partial charge in [0.05, 0.1) is 45.6 Å². The number of fused-ring (bicyclic) bond motifs is 1. The SMILES string of the molecule is C(#Cc1csc2c(C#Cc3cnc[nH]3)csc12)c1cnc[nH]1. The first-order valence-corrected chi connectivity index (χ1v) is 8.15. The summed E-state index contributed by atoms with van der Waals surface area (Å²) in [5.41, 5.74) is 3.70. The molecule has 6 heteroatoms. The maximum atomic E-state index is 3.96. The van der Waals surface area contributed by atoms with Gasteiger partial charge in [0.1, 0.15) is 11.4 Å². The average molecular weight is 320 g/mol. The van der Waals surface area contributed by atoms with Crippen LogP contribution in [0.4, 0.5) is 0 Å². The van der Waals surface area contributed by atoms with Gasteiger partial charge in [-0.25, -0.2) is 9.97 Å². The number of hydrogen-bond acceptors (Lipinski definition) is 4. The van der Waals surface area contributed by atoms with Gasteiger partial charge in [-0.05, 0) is 11.8 Å². The molecule has 0 saturated heterocycles. The molecule has 0 fully saturated rings.